The zero-order valence-corrected chi connectivity index (χ0v) is 41.8. The fourth-order valence-electron chi connectivity index (χ4n) is 8.07. The Hall–Kier alpha value is -2.18. The molecule has 0 heterocycles. The number of ether oxygens (including phenoxy) is 1. The van der Waals surface area contributed by atoms with Gasteiger partial charge in [0.2, 0.25) is 5.91 Å². The van der Waals surface area contributed by atoms with Gasteiger partial charge in [-0.25, -0.2) is 0 Å². The van der Waals surface area contributed by atoms with E-state index in [1.807, 2.05) is 6.08 Å². The van der Waals surface area contributed by atoms with E-state index in [2.05, 4.69) is 55.6 Å². The third-order valence-corrected chi connectivity index (χ3v) is 12.3. The first-order valence-electron chi connectivity index (χ1n) is 27.4. The second-order valence-electron chi connectivity index (χ2n) is 18.5. The summed E-state index contributed by atoms with van der Waals surface area (Å²) < 4.78 is 5.45. The summed E-state index contributed by atoms with van der Waals surface area (Å²) in [5.74, 6) is -0.127. The van der Waals surface area contributed by atoms with Crippen LogP contribution >= 0.6 is 0 Å². The summed E-state index contributed by atoms with van der Waals surface area (Å²) in [5, 5.41) is 23.1. The molecule has 2 unspecified atom stereocenters. The van der Waals surface area contributed by atoms with E-state index in [0.29, 0.717) is 19.4 Å². The molecule has 2 atom stereocenters. The molecule has 0 saturated carbocycles. The van der Waals surface area contributed by atoms with Gasteiger partial charge in [-0.2, -0.15) is 0 Å². The molecular weight excluding hydrogens is 779 g/mol. The molecule has 1 amide bonds. The second-order valence-corrected chi connectivity index (χ2v) is 18.5. The summed E-state index contributed by atoms with van der Waals surface area (Å²) in [6, 6.07) is -0.648. The molecule has 0 saturated heterocycles. The van der Waals surface area contributed by atoms with E-state index in [1.54, 1.807) is 6.08 Å². The highest BCUT2D eigenvalue weighted by molar-refractivity contribution is 5.76. The second kappa shape index (κ2) is 52.4. The van der Waals surface area contributed by atoms with Crippen LogP contribution in [0.1, 0.15) is 277 Å². The number of allylic oxidation sites excluding steroid dienone is 7. The Labute approximate surface area is 391 Å². The summed E-state index contributed by atoms with van der Waals surface area (Å²) in [7, 11) is 0. The largest absolute Gasteiger partial charge is 0.466 e. The molecule has 0 aliphatic carbocycles. The Morgan fingerprint density at radius 1 is 0.444 bits per heavy atom. The first-order chi connectivity index (χ1) is 31.0. The van der Waals surface area contributed by atoms with Crippen LogP contribution in [0.3, 0.4) is 0 Å². The molecule has 0 fully saturated rings. The number of aliphatic hydroxyl groups is 2. The summed E-state index contributed by atoms with van der Waals surface area (Å²) >= 11 is 0. The Kier molecular flexibility index (Phi) is 50.6. The van der Waals surface area contributed by atoms with Crippen LogP contribution < -0.4 is 5.32 Å². The molecule has 0 aromatic heterocycles. The van der Waals surface area contributed by atoms with Crippen LogP contribution in [0.4, 0.5) is 0 Å². The van der Waals surface area contributed by atoms with Crippen LogP contribution in [-0.2, 0) is 14.3 Å². The van der Waals surface area contributed by atoms with Crippen molar-refractivity contribution in [3.63, 3.8) is 0 Å². The van der Waals surface area contributed by atoms with Gasteiger partial charge in [-0.3, -0.25) is 9.59 Å². The van der Waals surface area contributed by atoms with Gasteiger partial charge in [0.1, 0.15) is 0 Å². The molecule has 0 aromatic carbocycles. The predicted molar refractivity (Wildman–Crippen MR) is 273 cm³/mol. The quantitative estimate of drug-likeness (QED) is 0.0321. The van der Waals surface area contributed by atoms with Gasteiger partial charge in [0.25, 0.3) is 0 Å². The lowest BCUT2D eigenvalue weighted by Crippen LogP contribution is -2.45. The Morgan fingerprint density at radius 3 is 1.25 bits per heavy atom. The van der Waals surface area contributed by atoms with Crippen LogP contribution in [0.2, 0.25) is 0 Å². The normalized spacial score (nSPS) is 13.0. The number of hydrogen-bond donors (Lipinski definition) is 3. The minimum atomic E-state index is -0.862. The van der Waals surface area contributed by atoms with Gasteiger partial charge in [-0.15, -0.1) is 0 Å². The first kappa shape index (κ1) is 60.8. The van der Waals surface area contributed by atoms with Crippen molar-refractivity contribution in [3.8, 4) is 0 Å². The van der Waals surface area contributed by atoms with Crippen LogP contribution in [-0.4, -0.2) is 47.4 Å². The molecule has 0 aliphatic rings. The lowest BCUT2D eigenvalue weighted by molar-refractivity contribution is -0.143. The Morgan fingerprint density at radius 2 is 0.794 bits per heavy atom. The van der Waals surface area contributed by atoms with Gasteiger partial charge in [0.15, 0.2) is 0 Å². The summed E-state index contributed by atoms with van der Waals surface area (Å²) in [5.41, 5.74) is 0. The van der Waals surface area contributed by atoms with Crippen molar-refractivity contribution in [2.75, 3.05) is 13.2 Å². The third-order valence-electron chi connectivity index (χ3n) is 12.3. The molecule has 0 bridgehead atoms. The number of esters is 1. The van der Waals surface area contributed by atoms with Gasteiger partial charge in [0, 0.05) is 12.8 Å². The van der Waals surface area contributed by atoms with Crippen molar-refractivity contribution in [3.05, 3.63) is 48.6 Å². The van der Waals surface area contributed by atoms with E-state index in [1.165, 1.54) is 161 Å². The third kappa shape index (κ3) is 49.1. The minimum absolute atomic E-state index is 0.0326. The van der Waals surface area contributed by atoms with Crippen LogP contribution in [0.5, 0.6) is 0 Å². The van der Waals surface area contributed by atoms with Crippen molar-refractivity contribution in [1.82, 2.24) is 5.32 Å². The SMILES string of the molecule is CCCCC/C=C\C/C=C\CCCCCCCCCC(=O)OCCCCC/C=C\CCCCCCCC(=O)NC(CO)C(O)/C=C/CCCCCCCCCCCCCCCCC. The predicted octanol–water partition coefficient (Wildman–Crippen LogP) is 16.6. The monoisotopic (exact) mass is 884 g/mol. The van der Waals surface area contributed by atoms with Gasteiger partial charge >= 0.3 is 5.97 Å². The van der Waals surface area contributed by atoms with E-state index in [4.69, 9.17) is 4.74 Å². The van der Waals surface area contributed by atoms with Crippen molar-refractivity contribution in [2.24, 2.45) is 0 Å². The number of carbonyl (C=O) groups is 2. The molecule has 3 N–H and O–H groups in total. The van der Waals surface area contributed by atoms with Crippen molar-refractivity contribution in [1.29, 1.82) is 0 Å². The first-order valence-corrected chi connectivity index (χ1v) is 27.4. The number of rotatable bonds is 50. The maximum Gasteiger partial charge on any atom is 0.305 e. The maximum atomic E-state index is 12.4. The van der Waals surface area contributed by atoms with Crippen molar-refractivity contribution in [2.45, 2.75) is 289 Å². The number of aliphatic hydroxyl groups excluding tert-OH is 2. The molecule has 0 rings (SSSR count). The minimum Gasteiger partial charge on any atom is -0.466 e. The molecule has 0 aliphatic heterocycles. The van der Waals surface area contributed by atoms with E-state index in [-0.39, 0.29) is 18.5 Å². The highest BCUT2D eigenvalue weighted by atomic mass is 16.5. The van der Waals surface area contributed by atoms with Crippen molar-refractivity contribution >= 4 is 11.9 Å². The molecule has 0 spiro atoms. The van der Waals surface area contributed by atoms with E-state index in [9.17, 15) is 19.8 Å². The van der Waals surface area contributed by atoms with E-state index < -0.39 is 12.1 Å². The van der Waals surface area contributed by atoms with Crippen molar-refractivity contribution < 1.29 is 24.5 Å². The summed E-state index contributed by atoms with van der Waals surface area (Å²) in [6.07, 6.45) is 65.4. The molecule has 368 valence electrons. The fourth-order valence-corrected chi connectivity index (χ4v) is 8.07. The number of nitrogens with one attached hydrogen (secondary N) is 1. The zero-order chi connectivity index (χ0) is 45.8. The van der Waals surface area contributed by atoms with E-state index >= 15 is 0 Å². The Balaban J connectivity index is 3.55. The highest BCUT2D eigenvalue weighted by Crippen LogP contribution is 2.15. The lowest BCUT2D eigenvalue weighted by Gasteiger charge is -2.20. The molecular formula is C57H105NO5. The average Bonchev–Trinajstić information content (AvgIpc) is 3.28. The maximum absolute atomic E-state index is 12.4. The lowest BCUT2D eigenvalue weighted by atomic mass is 10.0. The smallest absolute Gasteiger partial charge is 0.305 e. The molecule has 0 radical (unpaired) electrons. The zero-order valence-electron chi connectivity index (χ0n) is 41.8. The number of hydrogen-bond acceptors (Lipinski definition) is 5. The summed E-state index contributed by atoms with van der Waals surface area (Å²) in [4.78, 5) is 24.5. The Bertz CT molecular complexity index is 1070. The van der Waals surface area contributed by atoms with E-state index in [0.717, 1.165) is 89.9 Å². The van der Waals surface area contributed by atoms with Crippen LogP contribution in [0.15, 0.2) is 48.6 Å². The number of unbranched alkanes of at least 4 members (excludes halogenated alkanes) is 33. The number of carbonyl (C=O) groups excluding carboxylic acids is 2. The fraction of sp³-hybridized carbons (Fsp3) is 0.825. The van der Waals surface area contributed by atoms with Gasteiger partial charge in [-0.1, -0.05) is 217 Å². The highest BCUT2D eigenvalue weighted by Gasteiger charge is 2.18. The molecule has 6 nitrogen and oxygen atoms in total. The van der Waals surface area contributed by atoms with Gasteiger partial charge < -0.3 is 20.3 Å². The molecule has 63 heavy (non-hydrogen) atoms. The standard InChI is InChI=1S/C57H105NO5/c1-3-5-7-9-11-13-15-17-19-21-23-25-29-33-37-41-45-49-55(60)54(53-59)58-56(61)50-46-42-38-34-30-27-28-32-36-40-44-48-52-63-57(62)51-47-43-39-35-31-26-24-22-20-18-16-14-12-10-8-6-4-2/h12,14,18,20,28,32,45,49,54-55,59-60H,3-11,13,15-17,19,21-27,29-31,33-44,46-48,50-53H2,1-2H3,(H,58,61)/b14-12-,20-18-,32-28-,49-45+. The number of amides is 1. The van der Waals surface area contributed by atoms with Gasteiger partial charge in [0.05, 0.1) is 25.4 Å². The average molecular weight is 884 g/mol. The van der Waals surface area contributed by atoms with Gasteiger partial charge in [-0.05, 0) is 96.3 Å². The summed E-state index contributed by atoms with van der Waals surface area (Å²) in [6.45, 7) is 4.81. The van der Waals surface area contributed by atoms with Crippen LogP contribution in [0.25, 0.3) is 0 Å². The van der Waals surface area contributed by atoms with Crippen LogP contribution in [0, 0.1) is 0 Å². The molecule has 0 aromatic rings. The molecule has 6 heteroatoms. The topological polar surface area (TPSA) is 95.9 Å².